The molecule has 158 valence electrons. The number of hydrogen-bond acceptors (Lipinski definition) is 6. The molecule has 2 heterocycles. The summed E-state index contributed by atoms with van der Waals surface area (Å²) in [5.74, 6) is 0.617. The highest BCUT2D eigenvalue weighted by molar-refractivity contribution is 7.99. The first kappa shape index (κ1) is 21.2. The van der Waals surface area contributed by atoms with E-state index in [9.17, 15) is 9.18 Å². The predicted octanol–water partition coefficient (Wildman–Crippen LogP) is 4.88. The van der Waals surface area contributed by atoms with Crippen LogP contribution in [0.4, 0.5) is 9.52 Å². The fourth-order valence-electron chi connectivity index (χ4n) is 3.02. The van der Waals surface area contributed by atoms with Crippen molar-refractivity contribution in [3.8, 4) is 11.3 Å². The lowest BCUT2D eigenvalue weighted by atomic mass is 10.1. The van der Waals surface area contributed by atoms with Gasteiger partial charge in [0.2, 0.25) is 5.91 Å². The summed E-state index contributed by atoms with van der Waals surface area (Å²) < 4.78 is 15.1. The third kappa shape index (κ3) is 5.36. The molecule has 6 nitrogen and oxygen atoms in total. The van der Waals surface area contributed by atoms with Gasteiger partial charge >= 0.3 is 0 Å². The summed E-state index contributed by atoms with van der Waals surface area (Å²) in [5.41, 5.74) is 2.67. The van der Waals surface area contributed by atoms with Gasteiger partial charge in [0, 0.05) is 23.9 Å². The number of halogens is 1. The summed E-state index contributed by atoms with van der Waals surface area (Å²) in [6.07, 6.45) is 0.694. The molecule has 0 saturated heterocycles. The molecule has 1 N–H and O–H groups in total. The number of carbonyl (C=O) groups is 1. The van der Waals surface area contributed by atoms with E-state index >= 15 is 0 Å². The van der Waals surface area contributed by atoms with Gasteiger partial charge in [-0.05, 0) is 36.8 Å². The highest BCUT2D eigenvalue weighted by atomic mass is 32.2. The Morgan fingerprint density at radius 2 is 1.90 bits per heavy atom. The van der Waals surface area contributed by atoms with Gasteiger partial charge in [0.05, 0.1) is 11.4 Å². The van der Waals surface area contributed by atoms with E-state index in [-0.39, 0.29) is 17.5 Å². The normalized spacial score (nSPS) is 10.9. The van der Waals surface area contributed by atoms with E-state index in [0.717, 1.165) is 23.1 Å². The second-order valence-electron chi connectivity index (χ2n) is 6.69. The van der Waals surface area contributed by atoms with Crippen molar-refractivity contribution < 1.29 is 9.18 Å². The smallest absolute Gasteiger partial charge is 0.236 e. The molecule has 0 atom stereocenters. The lowest BCUT2D eigenvalue weighted by molar-refractivity contribution is -0.113. The van der Waals surface area contributed by atoms with Gasteiger partial charge in [-0.1, -0.05) is 42.1 Å². The first-order valence-corrected chi connectivity index (χ1v) is 11.6. The molecule has 0 unspecified atom stereocenters. The molecule has 4 rings (SSSR count). The van der Waals surface area contributed by atoms with Crippen molar-refractivity contribution in [3.05, 3.63) is 77.2 Å². The molecule has 0 aliphatic heterocycles. The average Bonchev–Trinajstić information content (AvgIpc) is 3.40. The quantitative estimate of drug-likeness (QED) is 0.385. The Morgan fingerprint density at radius 1 is 1.13 bits per heavy atom. The molecule has 0 radical (unpaired) electrons. The fourth-order valence-corrected chi connectivity index (χ4v) is 4.58. The van der Waals surface area contributed by atoms with E-state index in [2.05, 4.69) is 32.6 Å². The van der Waals surface area contributed by atoms with Crippen LogP contribution in [0.15, 0.2) is 65.1 Å². The van der Waals surface area contributed by atoms with Crippen molar-refractivity contribution in [2.45, 2.75) is 25.0 Å². The van der Waals surface area contributed by atoms with E-state index in [1.54, 1.807) is 12.1 Å². The van der Waals surface area contributed by atoms with Gasteiger partial charge in [0.15, 0.2) is 10.3 Å². The topological polar surface area (TPSA) is 72.7 Å². The molecule has 0 bridgehead atoms. The molecule has 4 aromatic rings. The summed E-state index contributed by atoms with van der Waals surface area (Å²) in [5, 5.41) is 14.4. The molecular formula is C22H20FN5OS2. The maximum Gasteiger partial charge on any atom is 0.236 e. The number of nitrogens with one attached hydrogen (secondary N) is 1. The predicted molar refractivity (Wildman–Crippen MR) is 122 cm³/mol. The molecule has 0 saturated carbocycles. The van der Waals surface area contributed by atoms with Crippen LogP contribution >= 0.6 is 23.1 Å². The monoisotopic (exact) mass is 453 g/mol. The van der Waals surface area contributed by atoms with E-state index in [0.29, 0.717) is 17.2 Å². The number of carbonyl (C=O) groups excluding carboxylic acids is 1. The van der Waals surface area contributed by atoms with Crippen molar-refractivity contribution in [2.24, 2.45) is 0 Å². The van der Waals surface area contributed by atoms with Crippen LogP contribution in [-0.2, 0) is 17.8 Å². The van der Waals surface area contributed by atoms with Gasteiger partial charge in [0.1, 0.15) is 11.6 Å². The number of thiazole rings is 1. The first-order chi connectivity index (χ1) is 15.1. The Labute approximate surface area is 187 Å². The summed E-state index contributed by atoms with van der Waals surface area (Å²) in [6, 6.07) is 16.2. The molecule has 0 aliphatic carbocycles. The fraction of sp³-hybridized carbons (Fsp3) is 0.182. The largest absolute Gasteiger partial charge is 0.306 e. The second kappa shape index (κ2) is 9.84. The molecule has 0 spiro atoms. The molecule has 0 fully saturated rings. The Hall–Kier alpha value is -3.04. The van der Waals surface area contributed by atoms with Crippen molar-refractivity contribution in [3.63, 3.8) is 0 Å². The molecule has 1 amide bonds. The number of rotatable bonds is 8. The summed E-state index contributed by atoms with van der Waals surface area (Å²) in [7, 11) is 0. The summed E-state index contributed by atoms with van der Waals surface area (Å²) in [6.45, 7) is 2.77. The molecule has 0 aliphatic rings. The van der Waals surface area contributed by atoms with Gasteiger partial charge in [-0.2, -0.15) is 0 Å². The number of thioether (sulfide) groups is 1. The van der Waals surface area contributed by atoms with Crippen molar-refractivity contribution >= 4 is 34.1 Å². The van der Waals surface area contributed by atoms with Crippen LogP contribution in [0, 0.1) is 5.82 Å². The third-order valence-electron chi connectivity index (χ3n) is 4.54. The highest BCUT2D eigenvalue weighted by Crippen LogP contribution is 2.25. The Kier molecular flexibility index (Phi) is 6.73. The summed E-state index contributed by atoms with van der Waals surface area (Å²) in [4.78, 5) is 16.8. The average molecular weight is 454 g/mol. The standard InChI is InChI=1S/C22H20FN5OS2/c1-2-28-19(12-15-6-4-3-5-7-15)26-27-22(28)31-14-20(29)25-21-24-18(13-30-21)16-8-10-17(23)11-9-16/h3-11,13H,2,12,14H2,1H3,(H,24,25,29). The lowest BCUT2D eigenvalue weighted by Gasteiger charge is -2.07. The van der Waals surface area contributed by atoms with E-state index in [4.69, 9.17) is 0 Å². The van der Waals surface area contributed by atoms with Crippen molar-refractivity contribution in [1.82, 2.24) is 19.7 Å². The zero-order valence-electron chi connectivity index (χ0n) is 16.8. The number of anilines is 1. The maximum atomic E-state index is 13.1. The van der Waals surface area contributed by atoms with Crippen LogP contribution in [-0.4, -0.2) is 31.4 Å². The first-order valence-electron chi connectivity index (χ1n) is 9.72. The maximum absolute atomic E-state index is 13.1. The van der Waals surface area contributed by atoms with E-state index < -0.39 is 0 Å². The highest BCUT2D eigenvalue weighted by Gasteiger charge is 2.14. The Balaban J connectivity index is 1.35. The minimum Gasteiger partial charge on any atom is -0.306 e. The minimum atomic E-state index is -0.295. The second-order valence-corrected chi connectivity index (χ2v) is 8.49. The molecule has 2 aromatic heterocycles. The number of hydrogen-bond donors (Lipinski definition) is 1. The Morgan fingerprint density at radius 3 is 2.65 bits per heavy atom. The number of aromatic nitrogens is 4. The van der Waals surface area contributed by atoms with Crippen molar-refractivity contribution in [1.29, 1.82) is 0 Å². The molecule has 2 aromatic carbocycles. The van der Waals surface area contributed by atoms with Gasteiger partial charge < -0.3 is 9.88 Å². The molecule has 31 heavy (non-hydrogen) atoms. The zero-order valence-corrected chi connectivity index (χ0v) is 18.4. The lowest BCUT2D eigenvalue weighted by Crippen LogP contribution is -2.14. The number of nitrogens with zero attached hydrogens (tertiary/aromatic N) is 4. The van der Waals surface area contributed by atoms with Crippen LogP contribution in [0.5, 0.6) is 0 Å². The zero-order chi connectivity index (χ0) is 21.6. The van der Waals surface area contributed by atoms with Gasteiger partial charge in [0.25, 0.3) is 0 Å². The van der Waals surface area contributed by atoms with Gasteiger partial charge in [-0.25, -0.2) is 9.37 Å². The number of benzene rings is 2. The number of amides is 1. The van der Waals surface area contributed by atoms with Crippen LogP contribution in [0.1, 0.15) is 18.3 Å². The van der Waals surface area contributed by atoms with Gasteiger partial charge in [-0.15, -0.1) is 21.5 Å². The van der Waals surface area contributed by atoms with Crippen LogP contribution in [0.2, 0.25) is 0 Å². The third-order valence-corrected chi connectivity index (χ3v) is 6.26. The van der Waals surface area contributed by atoms with Crippen molar-refractivity contribution in [2.75, 3.05) is 11.1 Å². The molecule has 9 heteroatoms. The van der Waals surface area contributed by atoms with Gasteiger partial charge in [-0.3, -0.25) is 4.79 Å². The van der Waals surface area contributed by atoms with Crippen LogP contribution in [0.25, 0.3) is 11.3 Å². The van der Waals surface area contributed by atoms with E-state index in [1.807, 2.05) is 35.1 Å². The minimum absolute atomic E-state index is 0.166. The van der Waals surface area contributed by atoms with Crippen LogP contribution in [0.3, 0.4) is 0 Å². The summed E-state index contributed by atoms with van der Waals surface area (Å²) >= 11 is 2.68. The van der Waals surface area contributed by atoms with E-state index in [1.165, 1.54) is 40.8 Å². The molecular weight excluding hydrogens is 433 g/mol. The SMILES string of the molecule is CCn1c(Cc2ccccc2)nnc1SCC(=O)Nc1nc(-c2ccc(F)cc2)cs1. The Bertz CT molecular complexity index is 1160. The van der Waals surface area contributed by atoms with Crippen LogP contribution < -0.4 is 5.32 Å².